The first-order valence-corrected chi connectivity index (χ1v) is 7.76. The van der Waals surface area contributed by atoms with E-state index < -0.39 is 9.96 Å². The fourth-order valence-corrected chi connectivity index (χ4v) is 2.29. The van der Waals surface area contributed by atoms with Gasteiger partial charge in [-0.1, -0.05) is 58.0 Å². The Labute approximate surface area is 152 Å². The maximum absolute atomic E-state index is 11.1. The minimum Gasteiger partial charge on any atom is -0.339 e. The van der Waals surface area contributed by atoms with E-state index in [1.54, 1.807) is 18.2 Å². The monoisotopic (exact) mass is 407 g/mol. The van der Waals surface area contributed by atoms with Crippen LogP contribution in [0.25, 0.3) is 0 Å². The Kier molecular flexibility index (Phi) is 7.10. The molecule has 0 aliphatic rings. The molecule has 0 fully saturated rings. The molecule has 0 radical (unpaired) electrons. The lowest BCUT2D eigenvalue weighted by atomic mass is 10.3. The third kappa shape index (κ3) is 6.63. The van der Waals surface area contributed by atoms with Crippen LogP contribution < -0.4 is 16.0 Å². The predicted octanol–water partition coefficient (Wildman–Crippen LogP) is 4.11. The summed E-state index contributed by atoms with van der Waals surface area (Å²) in [5.74, 6) is -0.383. The van der Waals surface area contributed by atoms with Gasteiger partial charge in [0, 0.05) is 11.9 Å². The van der Waals surface area contributed by atoms with Crippen LogP contribution in [0.2, 0.25) is 10.0 Å². The standard InChI is InChI=1S/C11H10Cl5N3OS/c1-5(20)17-9(11(14,15)16)19-10(21)18-8-3-2-6(12)4-7(8)13/h2-4,9H,1H3,(H,17,20)(H2,18,19,21). The molecule has 0 aliphatic carbocycles. The fourth-order valence-electron chi connectivity index (χ4n) is 1.28. The molecule has 0 spiro atoms. The smallest absolute Gasteiger partial charge is 0.228 e. The molecule has 1 unspecified atom stereocenters. The number of alkyl halides is 3. The summed E-state index contributed by atoms with van der Waals surface area (Å²) in [6.45, 7) is 1.29. The van der Waals surface area contributed by atoms with Crippen LogP contribution in [0.3, 0.4) is 0 Å². The predicted molar refractivity (Wildman–Crippen MR) is 93.7 cm³/mol. The number of rotatable bonds is 3. The molecule has 21 heavy (non-hydrogen) atoms. The molecule has 1 rings (SSSR count). The van der Waals surface area contributed by atoms with Crippen LogP contribution >= 0.6 is 70.2 Å². The number of benzene rings is 1. The molecule has 10 heteroatoms. The first-order chi connectivity index (χ1) is 9.59. The van der Waals surface area contributed by atoms with Gasteiger partial charge in [0.1, 0.15) is 6.17 Å². The van der Waals surface area contributed by atoms with Gasteiger partial charge in [0.2, 0.25) is 9.70 Å². The summed E-state index contributed by atoms with van der Waals surface area (Å²) in [5.41, 5.74) is 0.518. The minimum absolute atomic E-state index is 0.115. The minimum atomic E-state index is -1.79. The zero-order valence-electron chi connectivity index (χ0n) is 10.5. The van der Waals surface area contributed by atoms with Crippen molar-refractivity contribution < 1.29 is 4.79 Å². The topological polar surface area (TPSA) is 53.2 Å². The van der Waals surface area contributed by atoms with Crippen LogP contribution in [0.4, 0.5) is 5.69 Å². The Balaban J connectivity index is 2.76. The van der Waals surface area contributed by atoms with Gasteiger partial charge >= 0.3 is 0 Å². The molecule has 0 saturated heterocycles. The second-order valence-corrected chi connectivity index (χ2v) is 7.52. The number of hydrogen-bond donors (Lipinski definition) is 3. The van der Waals surface area contributed by atoms with Crippen LogP contribution in [0.15, 0.2) is 18.2 Å². The molecular formula is C11H10Cl5N3OS. The van der Waals surface area contributed by atoms with Crippen molar-refractivity contribution in [3.05, 3.63) is 28.2 Å². The number of thiocarbonyl (C=S) groups is 1. The van der Waals surface area contributed by atoms with Crippen molar-refractivity contribution in [2.75, 3.05) is 5.32 Å². The number of amides is 1. The van der Waals surface area contributed by atoms with Gasteiger partial charge in [0.05, 0.1) is 10.7 Å². The molecule has 0 aliphatic heterocycles. The van der Waals surface area contributed by atoms with Gasteiger partial charge in [0.15, 0.2) is 5.11 Å². The van der Waals surface area contributed by atoms with Gasteiger partial charge in [-0.05, 0) is 30.4 Å². The van der Waals surface area contributed by atoms with Crippen molar-refractivity contribution in [2.24, 2.45) is 0 Å². The Morgan fingerprint density at radius 2 is 1.86 bits per heavy atom. The molecule has 0 aromatic heterocycles. The summed E-state index contributed by atoms with van der Waals surface area (Å²) in [6.07, 6.45) is -1.01. The van der Waals surface area contributed by atoms with Crippen LogP contribution in [0, 0.1) is 0 Å². The van der Waals surface area contributed by atoms with Gasteiger partial charge in [-0.25, -0.2) is 0 Å². The van der Waals surface area contributed by atoms with Crippen molar-refractivity contribution in [3.8, 4) is 0 Å². The lowest BCUT2D eigenvalue weighted by Gasteiger charge is -2.27. The number of carbonyl (C=O) groups excluding carboxylic acids is 1. The van der Waals surface area contributed by atoms with Crippen molar-refractivity contribution in [1.82, 2.24) is 10.6 Å². The van der Waals surface area contributed by atoms with Gasteiger partial charge in [-0.2, -0.15) is 0 Å². The van der Waals surface area contributed by atoms with Gasteiger partial charge in [-0.15, -0.1) is 0 Å². The van der Waals surface area contributed by atoms with Gasteiger partial charge in [-0.3, -0.25) is 4.79 Å². The zero-order valence-corrected chi connectivity index (χ0v) is 15.1. The Morgan fingerprint density at radius 1 is 1.24 bits per heavy atom. The summed E-state index contributed by atoms with van der Waals surface area (Å²) in [5, 5.41) is 8.90. The second-order valence-electron chi connectivity index (χ2n) is 3.90. The maximum Gasteiger partial charge on any atom is 0.228 e. The highest BCUT2D eigenvalue weighted by Gasteiger charge is 2.34. The summed E-state index contributed by atoms with van der Waals surface area (Å²) in [7, 11) is 0. The van der Waals surface area contributed by atoms with Crippen LogP contribution in [-0.4, -0.2) is 21.0 Å². The number of hydrogen-bond acceptors (Lipinski definition) is 2. The highest BCUT2D eigenvalue weighted by atomic mass is 35.6. The maximum atomic E-state index is 11.1. The van der Waals surface area contributed by atoms with E-state index in [2.05, 4.69) is 16.0 Å². The number of carbonyl (C=O) groups is 1. The fraction of sp³-hybridized carbons (Fsp3) is 0.273. The highest BCUT2D eigenvalue weighted by Crippen LogP contribution is 2.29. The highest BCUT2D eigenvalue weighted by molar-refractivity contribution is 7.80. The first kappa shape index (κ1) is 18.9. The SMILES string of the molecule is CC(=O)NC(NC(=S)Nc1ccc(Cl)cc1Cl)C(Cl)(Cl)Cl. The second kappa shape index (κ2) is 7.90. The van der Waals surface area contributed by atoms with Crippen molar-refractivity contribution in [2.45, 2.75) is 16.9 Å². The van der Waals surface area contributed by atoms with E-state index in [9.17, 15) is 4.79 Å². The molecule has 116 valence electrons. The quantitative estimate of drug-likeness (QED) is 0.400. The van der Waals surface area contributed by atoms with E-state index in [4.69, 9.17) is 70.2 Å². The molecule has 1 amide bonds. The summed E-state index contributed by atoms with van der Waals surface area (Å²) in [6, 6.07) is 4.83. The van der Waals surface area contributed by atoms with Gasteiger partial charge in [0.25, 0.3) is 0 Å². The third-order valence-corrected chi connectivity index (χ3v) is 3.55. The van der Waals surface area contributed by atoms with E-state index in [1.807, 2.05) is 0 Å². The van der Waals surface area contributed by atoms with Crippen LogP contribution in [0.5, 0.6) is 0 Å². The van der Waals surface area contributed by atoms with Crippen LogP contribution in [-0.2, 0) is 4.79 Å². The lowest BCUT2D eigenvalue weighted by Crippen LogP contribution is -2.55. The molecule has 1 aromatic rings. The average Bonchev–Trinajstić information content (AvgIpc) is 2.30. The lowest BCUT2D eigenvalue weighted by molar-refractivity contribution is -0.119. The van der Waals surface area contributed by atoms with Crippen molar-refractivity contribution in [3.63, 3.8) is 0 Å². The van der Waals surface area contributed by atoms with E-state index in [0.29, 0.717) is 15.7 Å². The summed E-state index contributed by atoms with van der Waals surface area (Å²) in [4.78, 5) is 11.1. The molecular weight excluding hydrogens is 399 g/mol. The number of anilines is 1. The van der Waals surface area contributed by atoms with Gasteiger partial charge < -0.3 is 16.0 Å². The summed E-state index contributed by atoms with van der Waals surface area (Å²) >= 11 is 34.2. The van der Waals surface area contributed by atoms with Crippen molar-refractivity contribution in [1.29, 1.82) is 0 Å². The normalized spacial score (nSPS) is 12.5. The van der Waals surface area contributed by atoms with E-state index in [0.717, 1.165) is 0 Å². The van der Waals surface area contributed by atoms with E-state index in [1.165, 1.54) is 6.92 Å². The molecule has 0 bridgehead atoms. The molecule has 0 heterocycles. The third-order valence-electron chi connectivity index (χ3n) is 2.13. The van der Waals surface area contributed by atoms with Crippen LogP contribution in [0.1, 0.15) is 6.92 Å². The summed E-state index contributed by atoms with van der Waals surface area (Å²) < 4.78 is -1.79. The Hall–Kier alpha value is -0.170. The number of nitrogens with one attached hydrogen (secondary N) is 3. The number of halogens is 5. The largest absolute Gasteiger partial charge is 0.339 e. The molecule has 3 N–H and O–H groups in total. The molecule has 4 nitrogen and oxygen atoms in total. The van der Waals surface area contributed by atoms with Crippen molar-refractivity contribution >= 4 is 86.9 Å². The molecule has 0 saturated carbocycles. The van der Waals surface area contributed by atoms with E-state index in [-0.39, 0.29) is 11.0 Å². The van der Waals surface area contributed by atoms with E-state index >= 15 is 0 Å². The zero-order chi connectivity index (χ0) is 16.2. The first-order valence-electron chi connectivity index (χ1n) is 5.46. The Morgan fingerprint density at radius 3 is 2.33 bits per heavy atom. The average molecular weight is 410 g/mol. The Bertz CT molecular complexity index is 549. The molecule has 1 atom stereocenters. The molecule has 1 aromatic carbocycles.